The molecular weight excluding hydrogens is 431 g/mol. The van der Waals surface area contributed by atoms with Gasteiger partial charge in [0.05, 0.1) is 17.3 Å². The van der Waals surface area contributed by atoms with Gasteiger partial charge in [-0.3, -0.25) is 12.3 Å². The fourth-order valence-corrected chi connectivity index (χ4v) is 5.20. The summed E-state index contributed by atoms with van der Waals surface area (Å²) in [4.78, 5) is 0. The van der Waals surface area contributed by atoms with Crippen molar-refractivity contribution in [2.24, 2.45) is 0 Å². The maximum atomic E-state index is 12.0. The Labute approximate surface area is 171 Å². The molecule has 0 atom stereocenters. The molecule has 0 heterocycles. The van der Waals surface area contributed by atoms with E-state index in [0.29, 0.717) is 19.3 Å². The molecule has 0 saturated heterocycles. The third-order valence-electron chi connectivity index (χ3n) is 3.67. The minimum Gasteiger partial charge on any atom is -0.270 e. The molecule has 13 heteroatoms. The van der Waals surface area contributed by atoms with Gasteiger partial charge in [0.15, 0.2) is 0 Å². The molecule has 0 aromatic carbocycles. The van der Waals surface area contributed by atoms with E-state index in [1.165, 1.54) is 0 Å². The monoisotopic (exact) mass is 464 g/mol. The third-order valence-corrected chi connectivity index (χ3v) is 7.39. The van der Waals surface area contributed by atoms with E-state index in [1.807, 2.05) is 20.8 Å². The summed E-state index contributed by atoms with van der Waals surface area (Å²) in [7, 11) is -15.1. The van der Waals surface area contributed by atoms with Crippen molar-refractivity contribution in [3.63, 3.8) is 0 Å². The van der Waals surface area contributed by atoms with Gasteiger partial charge in [0, 0.05) is 0 Å². The molecule has 0 aromatic rings. The van der Waals surface area contributed by atoms with Crippen molar-refractivity contribution in [3.8, 4) is 0 Å². The Hall–Kier alpha value is -0.205. The summed E-state index contributed by atoms with van der Waals surface area (Å²) < 4.78 is 86.1. The Balaban J connectivity index is 5.20. The molecule has 0 saturated carbocycles. The molecule has 0 aliphatic heterocycles. The molecule has 168 valence electrons. The lowest BCUT2D eigenvalue weighted by Crippen LogP contribution is -2.36. The molecule has 0 aliphatic carbocycles. The van der Waals surface area contributed by atoms with E-state index >= 15 is 0 Å². The topological polar surface area (TPSA) is 130 Å². The van der Waals surface area contributed by atoms with Gasteiger partial charge in [-0.2, -0.15) is 0 Å². The molecule has 0 bridgehead atoms. The lowest BCUT2D eigenvalue weighted by atomic mass is 10.3. The van der Waals surface area contributed by atoms with Crippen LogP contribution in [0.1, 0.15) is 78.6 Å². The first-order valence-corrected chi connectivity index (χ1v) is 14.4. The minimum atomic E-state index is -4.23. The zero-order valence-electron chi connectivity index (χ0n) is 17.0. The SMILES string of the molecule is CCCCCS(=O)(=O)OB(OS(=O)(=O)CCCCC)OS(=O)(=O)CCCCC. The summed E-state index contributed by atoms with van der Waals surface area (Å²) in [6.07, 6.45) is 5.05. The average molecular weight is 464 g/mol. The number of rotatable bonds is 18. The average Bonchev–Trinajstić information content (AvgIpc) is 2.53. The molecule has 0 radical (unpaired) electrons. The van der Waals surface area contributed by atoms with Gasteiger partial charge < -0.3 is 0 Å². The fourth-order valence-electron chi connectivity index (χ4n) is 2.14. The zero-order chi connectivity index (χ0) is 21.7. The van der Waals surface area contributed by atoms with E-state index in [9.17, 15) is 25.3 Å². The van der Waals surface area contributed by atoms with E-state index in [0.717, 1.165) is 19.3 Å². The molecular formula is C15H33BO9S3. The van der Waals surface area contributed by atoms with Crippen LogP contribution in [0.4, 0.5) is 0 Å². The van der Waals surface area contributed by atoms with Gasteiger partial charge in [-0.1, -0.05) is 59.3 Å². The van der Waals surface area contributed by atoms with Crippen LogP contribution >= 0.6 is 0 Å². The van der Waals surface area contributed by atoms with Crippen LogP contribution in [-0.2, 0) is 42.7 Å². The molecule has 0 unspecified atom stereocenters. The molecule has 0 spiro atoms. The molecule has 9 nitrogen and oxygen atoms in total. The predicted octanol–water partition coefficient (Wildman–Crippen LogP) is 2.58. The lowest BCUT2D eigenvalue weighted by Gasteiger charge is -2.14. The first-order valence-electron chi connectivity index (χ1n) is 9.69. The Morgan fingerprint density at radius 2 is 0.750 bits per heavy atom. The van der Waals surface area contributed by atoms with E-state index in [1.54, 1.807) is 0 Å². The summed E-state index contributed by atoms with van der Waals surface area (Å²) >= 11 is 0. The molecule has 0 N–H and O–H groups in total. The Kier molecular flexibility index (Phi) is 13.8. The van der Waals surface area contributed by atoms with Crippen molar-refractivity contribution >= 4 is 37.7 Å². The second kappa shape index (κ2) is 13.9. The van der Waals surface area contributed by atoms with Gasteiger partial charge in [0.25, 0.3) is 30.4 Å². The van der Waals surface area contributed by atoms with Gasteiger partial charge in [0.2, 0.25) is 0 Å². The normalized spacial score (nSPS) is 13.0. The molecule has 0 amide bonds. The highest BCUT2D eigenvalue weighted by molar-refractivity contribution is 7.90. The first kappa shape index (κ1) is 27.8. The Bertz CT molecular complexity index is 618. The quantitative estimate of drug-likeness (QED) is 0.222. The second-order valence-electron chi connectivity index (χ2n) is 6.48. The minimum absolute atomic E-state index is 0.290. The van der Waals surface area contributed by atoms with Gasteiger partial charge in [-0.15, -0.1) is 0 Å². The van der Waals surface area contributed by atoms with Crippen molar-refractivity contribution in [1.82, 2.24) is 0 Å². The number of hydrogen-bond donors (Lipinski definition) is 0. The van der Waals surface area contributed by atoms with Gasteiger partial charge >= 0.3 is 7.32 Å². The van der Waals surface area contributed by atoms with Crippen molar-refractivity contribution in [2.75, 3.05) is 17.3 Å². The van der Waals surface area contributed by atoms with Crippen molar-refractivity contribution in [2.45, 2.75) is 78.6 Å². The Morgan fingerprint density at radius 1 is 0.500 bits per heavy atom. The van der Waals surface area contributed by atoms with Crippen LogP contribution in [0.3, 0.4) is 0 Å². The fraction of sp³-hybridized carbons (Fsp3) is 1.00. The number of unbranched alkanes of at least 4 members (excludes halogenated alkanes) is 6. The van der Waals surface area contributed by atoms with Crippen LogP contribution in [0.25, 0.3) is 0 Å². The molecule has 0 fully saturated rings. The van der Waals surface area contributed by atoms with Crippen LogP contribution in [0.15, 0.2) is 0 Å². The van der Waals surface area contributed by atoms with Crippen LogP contribution in [0.5, 0.6) is 0 Å². The molecule has 0 aromatic heterocycles. The highest BCUT2D eigenvalue weighted by atomic mass is 32.2. The van der Waals surface area contributed by atoms with Crippen molar-refractivity contribution in [1.29, 1.82) is 0 Å². The molecule has 28 heavy (non-hydrogen) atoms. The summed E-state index contributed by atoms with van der Waals surface area (Å²) in [5.74, 6) is -1.18. The highest BCUT2D eigenvalue weighted by Gasteiger charge is 2.38. The van der Waals surface area contributed by atoms with Crippen LogP contribution in [0.2, 0.25) is 0 Å². The summed E-state index contributed by atoms with van der Waals surface area (Å²) in [5, 5.41) is 0. The predicted molar refractivity (Wildman–Crippen MR) is 109 cm³/mol. The van der Waals surface area contributed by atoms with Crippen molar-refractivity contribution in [3.05, 3.63) is 0 Å². The maximum Gasteiger partial charge on any atom is 0.684 e. The van der Waals surface area contributed by atoms with Gasteiger partial charge in [-0.25, -0.2) is 25.3 Å². The molecule has 0 rings (SSSR count). The van der Waals surface area contributed by atoms with Crippen molar-refractivity contribution < 1.29 is 37.6 Å². The van der Waals surface area contributed by atoms with E-state index < -0.39 is 54.9 Å². The summed E-state index contributed by atoms with van der Waals surface area (Å²) in [6, 6.07) is 0. The van der Waals surface area contributed by atoms with E-state index in [2.05, 4.69) is 12.3 Å². The third kappa shape index (κ3) is 14.7. The van der Waals surface area contributed by atoms with Crippen LogP contribution in [-0.4, -0.2) is 49.8 Å². The van der Waals surface area contributed by atoms with E-state index in [4.69, 9.17) is 0 Å². The number of hydrogen-bond acceptors (Lipinski definition) is 9. The smallest absolute Gasteiger partial charge is 0.270 e. The second-order valence-corrected chi connectivity index (χ2v) is 11.6. The lowest BCUT2D eigenvalue weighted by molar-refractivity contribution is 0.310. The van der Waals surface area contributed by atoms with Gasteiger partial charge in [0.1, 0.15) is 0 Å². The zero-order valence-corrected chi connectivity index (χ0v) is 19.4. The molecule has 0 aliphatic rings. The summed E-state index contributed by atoms with van der Waals surface area (Å²) in [5.41, 5.74) is 0. The maximum absolute atomic E-state index is 12.0. The van der Waals surface area contributed by atoms with E-state index in [-0.39, 0.29) is 19.3 Å². The first-order chi connectivity index (χ1) is 13.0. The highest BCUT2D eigenvalue weighted by Crippen LogP contribution is 2.13. The largest absolute Gasteiger partial charge is 0.684 e. The van der Waals surface area contributed by atoms with Gasteiger partial charge in [-0.05, 0) is 19.3 Å². The Morgan fingerprint density at radius 3 is 0.964 bits per heavy atom. The summed E-state index contributed by atoms with van der Waals surface area (Å²) in [6.45, 7) is 5.65. The standard InChI is InChI=1S/C15H33BO9S3/c1-4-7-10-13-26(17,18)23-16(24-27(19,20)14-11-8-5-2)25-28(21,22)15-12-9-6-3/h4-15H2,1-3H3. The van der Waals surface area contributed by atoms with Crippen LogP contribution < -0.4 is 0 Å². The van der Waals surface area contributed by atoms with Crippen LogP contribution in [0, 0.1) is 0 Å².